The van der Waals surface area contributed by atoms with Crippen LogP contribution in [0.25, 0.3) is 0 Å². The van der Waals surface area contributed by atoms with Crippen molar-refractivity contribution in [3.05, 3.63) is 48.6 Å². The van der Waals surface area contributed by atoms with Crippen LogP contribution in [0.15, 0.2) is 48.6 Å². The van der Waals surface area contributed by atoms with Crippen LogP contribution in [0.3, 0.4) is 0 Å². The summed E-state index contributed by atoms with van der Waals surface area (Å²) in [5.74, 6) is -2.07. The Balaban J connectivity index is 3.74. The van der Waals surface area contributed by atoms with Gasteiger partial charge in [0, 0.05) is 6.08 Å². The zero-order valence-electron chi connectivity index (χ0n) is 15.7. The smallest absolute Gasteiger partial charge is 0.345 e. The number of carbonyl (C=O) groups is 2. The third-order valence-electron chi connectivity index (χ3n) is 3.54. The zero-order valence-corrected chi connectivity index (χ0v) is 15.7. The van der Waals surface area contributed by atoms with E-state index in [2.05, 4.69) is 17.7 Å². The molecule has 5 heteroatoms. The second-order valence-electron chi connectivity index (χ2n) is 5.91. The van der Waals surface area contributed by atoms with Crippen molar-refractivity contribution in [1.82, 2.24) is 0 Å². The highest BCUT2D eigenvalue weighted by Gasteiger charge is 2.17. The maximum absolute atomic E-state index is 11.2. The van der Waals surface area contributed by atoms with Crippen LogP contribution in [-0.2, 0) is 14.3 Å². The molecule has 2 N–H and O–H groups in total. The van der Waals surface area contributed by atoms with Gasteiger partial charge in [0.25, 0.3) is 0 Å². The van der Waals surface area contributed by atoms with E-state index in [1.54, 1.807) is 12.2 Å². The molecule has 0 aromatic rings. The van der Waals surface area contributed by atoms with Crippen LogP contribution in [-0.4, -0.2) is 34.9 Å². The molecule has 5 nitrogen and oxygen atoms in total. The highest BCUT2D eigenvalue weighted by atomic mass is 16.6. The summed E-state index contributed by atoms with van der Waals surface area (Å²) in [7, 11) is 0. The van der Waals surface area contributed by atoms with E-state index in [-0.39, 0.29) is 0 Å². The summed E-state index contributed by atoms with van der Waals surface area (Å²) in [4.78, 5) is 22.2. The maximum Gasteiger partial charge on any atom is 0.345 e. The fourth-order valence-corrected chi connectivity index (χ4v) is 2.06. The van der Waals surface area contributed by atoms with Gasteiger partial charge in [-0.1, -0.05) is 88.0 Å². The normalized spacial score (nSPS) is 13.3. The van der Waals surface area contributed by atoms with E-state index in [1.807, 2.05) is 18.2 Å². The Kier molecular flexibility index (Phi) is 16.5. The van der Waals surface area contributed by atoms with Crippen molar-refractivity contribution < 1.29 is 24.5 Å². The molecule has 0 saturated carbocycles. The Labute approximate surface area is 156 Å². The number of unbranched alkanes of at least 4 members (excludes halogenated alkanes) is 7. The number of hydrogen-bond donors (Lipinski definition) is 2. The van der Waals surface area contributed by atoms with Gasteiger partial charge in [0.2, 0.25) is 0 Å². The van der Waals surface area contributed by atoms with Crippen molar-refractivity contribution in [3.8, 4) is 0 Å². The summed E-state index contributed by atoms with van der Waals surface area (Å²) in [5, 5.41) is 17.5. The van der Waals surface area contributed by atoms with Crippen molar-refractivity contribution in [2.75, 3.05) is 6.61 Å². The maximum atomic E-state index is 11.2. The zero-order chi connectivity index (χ0) is 19.5. The molecule has 0 amide bonds. The molecule has 0 fully saturated rings. The monoisotopic (exact) mass is 364 g/mol. The van der Waals surface area contributed by atoms with Crippen LogP contribution >= 0.6 is 0 Å². The van der Waals surface area contributed by atoms with Gasteiger partial charge in [0.05, 0.1) is 6.61 Å². The molecule has 0 aliphatic carbocycles. The first-order valence-corrected chi connectivity index (χ1v) is 9.33. The van der Waals surface area contributed by atoms with E-state index in [9.17, 15) is 9.59 Å². The average molecular weight is 364 g/mol. The molecule has 0 heterocycles. The van der Waals surface area contributed by atoms with Crippen LogP contribution in [0.1, 0.15) is 58.3 Å². The van der Waals surface area contributed by atoms with Gasteiger partial charge in [-0.2, -0.15) is 0 Å². The number of allylic oxidation sites excluding steroid dienone is 7. The lowest BCUT2D eigenvalue weighted by atomic mass is 10.1. The van der Waals surface area contributed by atoms with Gasteiger partial charge in [-0.25, -0.2) is 9.59 Å². The molecule has 0 radical (unpaired) electrons. The lowest BCUT2D eigenvalue weighted by Gasteiger charge is -2.03. The second-order valence-corrected chi connectivity index (χ2v) is 5.91. The number of esters is 2. The van der Waals surface area contributed by atoms with Gasteiger partial charge in [-0.05, 0) is 12.8 Å². The van der Waals surface area contributed by atoms with E-state index in [0.717, 1.165) is 12.5 Å². The molecule has 0 bridgehead atoms. The Morgan fingerprint density at radius 3 is 2.12 bits per heavy atom. The number of hydrogen-bond acceptors (Lipinski definition) is 5. The van der Waals surface area contributed by atoms with E-state index < -0.39 is 24.6 Å². The first kappa shape index (κ1) is 24.0. The third kappa shape index (κ3) is 15.5. The molecule has 0 spiro atoms. The number of ether oxygens (including phenoxy) is 1. The van der Waals surface area contributed by atoms with Gasteiger partial charge >= 0.3 is 11.9 Å². The number of rotatable bonds is 14. The molecular formula is C21H32O5. The average Bonchev–Trinajstić information content (AvgIpc) is 2.64. The predicted molar refractivity (Wildman–Crippen MR) is 103 cm³/mol. The van der Waals surface area contributed by atoms with Gasteiger partial charge in [-0.15, -0.1) is 0 Å². The molecule has 0 rings (SSSR count). The summed E-state index contributed by atoms with van der Waals surface area (Å²) in [5.41, 5.74) is 0. The Hall–Kier alpha value is -1.98. The summed E-state index contributed by atoms with van der Waals surface area (Å²) in [6, 6.07) is 0. The second kappa shape index (κ2) is 17.8. The number of carbonyl (C=O) groups excluding carboxylic acids is 2. The molecule has 1 unspecified atom stereocenters. The summed E-state index contributed by atoms with van der Waals surface area (Å²) in [6.45, 7) is 1.44. The number of aliphatic hydroxyl groups excluding tert-OH is 2. The van der Waals surface area contributed by atoms with Crippen LogP contribution in [0, 0.1) is 0 Å². The predicted octanol–water partition coefficient (Wildman–Crippen LogP) is 3.77. The van der Waals surface area contributed by atoms with Gasteiger partial charge < -0.3 is 14.9 Å². The fraction of sp³-hybridized carbons (Fsp3) is 0.524. The molecule has 26 heavy (non-hydrogen) atoms. The van der Waals surface area contributed by atoms with Gasteiger partial charge in [-0.3, -0.25) is 0 Å². The minimum atomic E-state index is -1.70. The minimum Gasteiger partial charge on any atom is -0.393 e. The summed E-state index contributed by atoms with van der Waals surface area (Å²) in [6.07, 6.45) is 22.3. The highest BCUT2D eigenvalue weighted by molar-refractivity contribution is 5.93. The van der Waals surface area contributed by atoms with Crippen molar-refractivity contribution in [2.24, 2.45) is 0 Å². The molecule has 146 valence electrons. The summed E-state index contributed by atoms with van der Waals surface area (Å²) < 4.78 is 4.28. The van der Waals surface area contributed by atoms with E-state index in [0.29, 0.717) is 0 Å². The van der Waals surface area contributed by atoms with Crippen LogP contribution in [0.4, 0.5) is 0 Å². The third-order valence-corrected chi connectivity index (χ3v) is 3.54. The largest absolute Gasteiger partial charge is 0.393 e. The Morgan fingerprint density at radius 2 is 1.46 bits per heavy atom. The van der Waals surface area contributed by atoms with Gasteiger partial charge in [0.15, 0.2) is 6.10 Å². The Bertz CT molecular complexity index is 489. The first-order chi connectivity index (χ1) is 12.6. The molecule has 0 aromatic heterocycles. The fourth-order valence-electron chi connectivity index (χ4n) is 2.06. The molecule has 0 saturated heterocycles. The van der Waals surface area contributed by atoms with Crippen molar-refractivity contribution >= 4 is 11.9 Å². The van der Waals surface area contributed by atoms with Gasteiger partial charge in [0.1, 0.15) is 0 Å². The molecule has 0 aromatic carbocycles. The quantitative estimate of drug-likeness (QED) is 0.161. The van der Waals surface area contributed by atoms with Crippen molar-refractivity contribution in [3.63, 3.8) is 0 Å². The molecule has 0 aliphatic rings. The molecule has 0 aliphatic heterocycles. The van der Waals surface area contributed by atoms with Crippen molar-refractivity contribution in [2.45, 2.75) is 64.4 Å². The van der Waals surface area contributed by atoms with E-state index in [4.69, 9.17) is 10.2 Å². The van der Waals surface area contributed by atoms with E-state index >= 15 is 0 Å². The number of aliphatic hydroxyl groups is 2. The van der Waals surface area contributed by atoms with E-state index in [1.165, 1.54) is 51.0 Å². The summed E-state index contributed by atoms with van der Waals surface area (Å²) >= 11 is 0. The molecule has 1 atom stereocenters. The van der Waals surface area contributed by atoms with Crippen LogP contribution < -0.4 is 0 Å². The SMILES string of the molecule is CCCCCCCCCC=CC=CC=CC=CC(=O)OC(=O)C(O)CO. The molecular weight excluding hydrogens is 332 g/mol. The Morgan fingerprint density at radius 1 is 0.885 bits per heavy atom. The highest BCUT2D eigenvalue weighted by Crippen LogP contribution is 2.08. The van der Waals surface area contributed by atoms with Crippen LogP contribution in [0.5, 0.6) is 0 Å². The minimum absolute atomic E-state index is 0.785. The lowest BCUT2D eigenvalue weighted by Crippen LogP contribution is -2.28. The van der Waals surface area contributed by atoms with Crippen molar-refractivity contribution in [1.29, 1.82) is 0 Å². The standard InChI is InChI=1S/C21H32O5/c1-2-3-4-5-6-7-8-9-10-11-12-13-14-15-16-17-20(24)26-21(25)19(23)18-22/h10-17,19,22-23H,2-9,18H2,1H3. The first-order valence-electron chi connectivity index (χ1n) is 9.33. The topological polar surface area (TPSA) is 83.8 Å². The lowest BCUT2D eigenvalue weighted by molar-refractivity contribution is -0.164. The van der Waals surface area contributed by atoms with Crippen LogP contribution in [0.2, 0.25) is 0 Å².